The van der Waals surface area contributed by atoms with E-state index in [1.807, 2.05) is 48.5 Å². The number of nitrogens with one attached hydrogen (secondary N) is 1. The van der Waals surface area contributed by atoms with Crippen molar-refractivity contribution >= 4 is 17.7 Å². The molecule has 1 N–H and O–H groups in total. The average Bonchev–Trinajstić information content (AvgIpc) is 2.58. The topological polar surface area (TPSA) is 47.6 Å². The molecule has 4 nitrogen and oxygen atoms in total. The number of ether oxygens (including phenoxy) is 2. The molecule has 1 amide bonds. The van der Waals surface area contributed by atoms with Crippen LogP contribution in [-0.2, 0) is 11.3 Å². The molecule has 0 aromatic heterocycles. The van der Waals surface area contributed by atoms with E-state index in [1.54, 1.807) is 14.2 Å². The van der Waals surface area contributed by atoms with Gasteiger partial charge in [0.2, 0.25) is 5.91 Å². The quantitative estimate of drug-likeness (QED) is 0.797. The first-order valence-electron chi connectivity index (χ1n) is 6.88. The van der Waals surface area contributed by atoms with E-state index in [2.05, 4.69) is 5.32 Å². The molecular weight excluding hydrogens is 298 g/mol. The average molecular weight is 317 g/mol. The van der Waals surface area contributed by atoms with Crippen molar-refractivity contribution < 1.29 is 14.3 Å². The Morgan fingerprint density at radius 3 is 2.45 bits per heavy atom. The summed E-state index contributed by atoms with van der Waals surface area (Å²) in [6, 6.07) is 15.3. The monoisotopic (exact) mass is 317 g/mol. The van der Waals surface area contributed by atoms with Gasteiger partial charge in [0.25, 0.3) is 0 Å². The lowest BCUT2D eigenvalue weighted by Gasteiger charge is -2.09. The van der Waals surface area contributed by atoms with Crippen LogP contribution in [0.3, 0.4) is 0 Å². The lowest BCUT2D eigenvalue weighted by molar-refractivity contribution is -0.118. The summed E-state index contributed by atoms with van der Waals surface area (Å²) in [6.07, 6.45) is 0. The highest BCUT2D eigenvalue weighted by Crippen LogP contribution is 2.21. The molecule has 116 valence electrons. The highest BCUT2D eigenvalue weighted by Gasteiger charge is 2.06. The van der Waals surface area contributed by atoms with E-state index in [0.29, 0.717) is 12.3 Å². The minimum atomic E-state index is -0.00766. The summed E-state index contributed by atoms with van der Waals surface area (Å²) in [6.45, 7) is 0.464. The molecule has 0 heterocycles. The van der Waals surface area contributed by atoms with E-state index in [4.69, 9.17) is 9.47 Å². The lowest BCUT2D eigenvalue weighted by atomic mass is 10.2. The molecule has 0 aliphatic heterocycles. The third kappa shape index (κ3) is 4.70. The van der Waals surface area contributed by atoms with Crippen LogP contribution in [0.4, 0.5) is 0 Å². The van der Waals surface area contributed by atoms with Gasteiger partial charge < -0.3 is 14.8 Å². The molecule has 0 fully saturated rings. The second-order valence-corrected chi connectivity index (χ2v) is 5.60. The zero-order chi connectivity index (χ0) is 15.8. The van der Waals surface area contributed by atoms with Gasteiger partial charge in [-0.25, -0.2) is 0 Å². The maximum Gasteiger partial charge on any atom is 0.230 e. The van der Waals surface area contributed by atoms with Gasteiger partial charge in [-0.05, 0) is 30.3 Å². The molecule has 2 aromatic carbocycles. The zero-order valence-electron chi connectivity index (χ0n) is 12.7. The van der Waals surface area contributed by atoms with Crippen LogP contribution in [0.25, 0.3) is 0 Å². The number of amides is 1. The normalized spacial score (nSPS) is 10.1. The number of benzene rings is 2. The first-order valence-corrected chi connectivity index (χ1v) is 7.87. The number of carbonyl (C=O) groups is 1. The molecule has 0 aliphatic rings. The smallest absolute Gasteiger partial charge is 0.230 e. The molecule has 0 saturated carbocycles. The van der Waals surface area contributed by atoms with Crippen molar-refractivity contribution in [3.63, 3.8) is 0 Å². The van der Waals surface area contributed by atoms with Gasteiger partial charge in [0, 0.05) is 17.0 Å². The van der Waals surface area contributed by atoms with Crippen LogP contribution >= 0.6 is 11.8 Å². The molecular formula is C17H19NO3S. The van der Waals surface area contributed by atoms with Crippen molar-refractivity contribution in [1.82, 2.24) is 5.32 Å². The van der Waals surface area contributed by atoms with Gasteiger partial charge in [0.1, 0.15) is 11.5 Å². The lowest BCUT2D eigenvalue weighted by Crippen LogP contribution is -2.24. The van der Waals surface area contributed by atoms with Crippen LogP contribution in [0.15, 0.2) is 53.4 Å². The number of para-hydroxylation sites is 1. The Labute approximate surface area is 134 Å². The predicted molar refractivity (Wildman–Crippen MR) is 88.6 cm³/mol. The molecule has 0 spiro atoms. The van der Waals surface area contributed by atoms with Crippen molar-refractivity contribution in [2.45, 2.75) is 11.4 Å². The maximum absolute atomic E-state index is 11.9. The second kappa shape index (κ2) is 8.34. The molecule has 0 saturated heterocycles. The Hall–Kier alpha value is -2.14. The standard InChI is InChI=1S/C17H19NO3S/c1-20-14-7-9-15(10-8-14)22-12-17(19)18-11-13-5-3-4-6-16(13)21-2/h3-10H,11-12H2,1-2H3,(H,18,19). The first-order chi connectivity index (χ1) is 10.7. The largest absolute Gasteiger partial charge is 0.497 e. The first kappa shape index (κ1) is 16.2. The number of hydrogen-bond acceptors (Lipinski definition) is 4. The maximum atomic E-state index is 11.9. The number of methoxy groups -OCH3 is 2. The van der Waals surface area contributed by atoms with Crippen LogP contribution in [0.2, 0.25) is 0 Å². The Bertz CT molecular complexity index is 614. The summed E-state index contributed by atoms with van der Waals surface area (Å²) < 4.78 is 10.4. The minimum Gasteiger partial charge on any atom is -0.497 e. The summed E-state index contributed by atoms with van der Waals surface area (Å²) in [5, 5.41) is 2.90. The van der Waals surface area contributed by atoms with Crippen molar-refractivity contribution in [3.8, 4) is 11.5 Å². The van der Waals surface area contributed by atoms with Crippen molar-refractivity contribution in [2.75, 3.05) is 20.0 Å². The Morgan fingerprint density at radius 1 is 1.05 bits per heavy atom. The molecule has 5 heteroatoms. The van der Waals surface area contributed by atoms with Crippen LogP contribution < -0.4 is 14.8 Å². The van der Waals surface area contributed by atoms with Crippen molar-refractivity contribution in [1.29, 1.82) is 0 Å². The van der Waals surface area contributed by atoms with Gasteiger partial charge in [-0.1, -0.05) is 18.2 Å². The van der Waals surface area contributed by atoms with Gasteiger partial charge in [-0.3, -0.25) is 4.79 Å². The van der Waals surface area contributed by atoms with Gasteiger partial charge in [-0.15, -0.1) is 11.8 Å². The summed E-state index contributed by atoms with van der Waals surface area (Å²) in [7, 11) is 3.26. The van der Waals surface area contributed by atoms with Gasteiger partial charge in [-0.2, -0.15) is 0 Å². The number of thioether (sulfide) groups is 1. The Kier molecular flexibility index (Phi) is 6.15. The van der Waals surface area contributed by atoms with E-state index in [1.165, 1.54) is 11.8 Å². The third-order valence-corrected chi connectivity index (χ3v) is 4.11. The molecule has 22 heavy (non-hydrogen) atoms. The molecule has 2 rings (SSSR count). The minimum absolute atomic E-state index is 0.00766. The Morgan fingerprint density at radius 2 is 1.77 bits per heavy atom. The summed E-state index contributed by atoms with van der Waals surface area (Å²) >= 11 is 1.49. The highest BCUT2D eigenvalue weighted by atomic mass is 32.2. The number of rotatable bonds is 7. The second-order valence-electron chi connectivity index (χ2n) is 4.55. The number of hydrogen-bond donors (Lipinski definition) is 1. The fourth-order valence-corrected chi connectivity index (χ4v) is 2.64. The molecule has 0 unspecified atom stereocenters. The molecule has 0 radical (unpaired) electrons. The van der Waals surface area contributed by atoms with E-state index >= 15 is 0 Å². The van der Waals surface area contributed by atoms with Crippen molar-refractivity contribution in [2.24, 2.45) is 0 Å². The van der Waals surface area contributed by atoms with E-state index < -0.39 is 0 Å². The van der Waals surface area contributed by atoms with E-state index in [9.17, 15) is 4.79 Å². The SMILES string of the molecule is COc1ccc(SCC(=O)NCc2ccccc2OC)cc1. The van der Waals surface area contributed by atoms with Gasteiger partial charge >= 0.3 is 0 Å². The molecule has 0 aliphatic carbocycles. The molecule has 2 aromatic rings. The molecule has 0 bridgehead atoms. The van der Waals surface area contributed by atoms with Crippen LogP contribution in [0, 0.1) is 0 Å². The summed E-state index contributed by atoms with van der Waals surface area (Å²) in [5.74, 6) is 1.96. The fourth-order valence-electron chi connectivity index (χ4n) is 1.91. The summed E-state index contributed by atoms with van der Waals surface area (Å²) in [5.41, 5.74) is 0.966. The van der Waals surface area contributed by atoms with Crippen LogP contribution in [0.5, 0.6) is 11.5 Å². The fraction of sp³-hybridized carbons (Fsp3) is 0.235. The third-order valence-electron chi connectivity index (χ3n) is 3.10. The molecule has 0 atom stereocenters. The number of carbonyl (C=O) groups excluding carboxylic acids is 1. The van der Waals surface area contributed by atoms with Crippen LogP contribution in [-0.4, -0.2) is 25.9 Å². The van der Waals surface area contributed by atoms with Crippen LogP contribution in [0.1, 0.15) is 5.56 Å². The predicted octanol–water partition coefficient (Wildman–Crippen LogP) is 3.11. The van der Waals surface area contributed by atoms with E-state index in [0.717, 1.165) is 22.0 Å². The summed E-state index contributed by atoms with van der Waals surface area (Å²) in [4.78, 5) is 13.0. The van der Waals surface area contributed by atoms with Crippen molar-refractivity contribution in [3.05, 3.63) is 54.1 Å². The Balaban J connectivity index is 1.80. The van der Waals surface area contributed by atoms with Gasteiger partial charge in [0.05, 0.1) is 20.0 Å². The highest BCUT2D eigenvalue weighted by molar-refractivity contribution is 8.00. The zero-order valence-corrected chi connectivity index (χ0v) is 13.5. The van der Waals surface area contributed by atoms with Gasteiger partial charge in [0.15, 0.2) is 0 Å². The van der Waals surface area contributed by atoms with E-state index in [-0.39, 0.29) is 5.91 Å².